The molecule has 5 heteroatoms. The predicted octanol–water partition coefficient (Wildman–Crippen LogP) is 1.82. The van der Waals surface area contributed by atoms with Gasteiger partial charge >= 0.3 is 0 Å². The molecule has 0 spiro atoms. The number of piperidine rings is 3. The van der Waals surface area contributed by atoms with Crippen molar-refractivity contribution in [3.63, 3.8) is 0 Å². The van der Waals surface area contributed by atoms with Gasteiger partial charge in [0.15, 0.2) is 0 Å². The minimum Gasteiger partial charge on any atom is -0.382 e. The van der Waals surface area contributed by atoms with Crippen molar-refractivity contribution in [1.82, 2.24) is 14.5 Å². The first-order valence-electron chi connectivity index (χ1n) is 7.94. The minimum atomic E-state index is 0.575. The number of hydrogen-bond donors (Lipinski definition) is 1. The van der Waals surface area contributed by atoms with Crippen LogP contribution in [0, 0.1) is 5.92 Å². The molecule has 0 aromatic carbocycles. The zero-order chi connectivity index (χ0) is 13.8. The van der Waals surface area contributed by atoms with E-state index in [0.717, 1.165) is 38.0 Å². The number of aromatic nitrogens is 2. The lowest BCUT2D eigenvalue weighted by molar-refractivity contribution is 0.0970. The monoisotopic (exact) mass is 278 g/mol. The molecule has 3 saturated heterocycles. The van der Waals surface area contributed by atoms with Crippen LogP contribution in [0.5, 0.6) is 0 Å². The van der Waals surface area contributed by atoms with Crippen LogP contribution in [-0.2, 0) is 11.3 Å². The number of ether oxygens (including phenoxy) is 1. The first-order valence-corrected chi connectivity index (χ1v) is 7.94. The zero-order valence-electron chi connectivity index (χ0n) is 12.4. The molecule has 0 aliphatic carbocycles. The van der Waals surface area contributed by atoms with E-state index < -0.39 is 0 Å². The largest absolute Gasteiger partial charge is 0.382 e. The molecule has 20 heavy (non-hydrogen) atoms. The maximum atomic E-state index is 5.40. The summed E-state index contributed by atoms with van der Waals surface area (Å²) in [7, 11) is 0. The van der Waals surface area contributed by atoms with Crippen LogP contribution in [-0.4, -0.2) is 53.3 Å². The molecule has 1 unspecified atom stereocenters. The van der Waals surface area contributed by atoms with Crippen molar-refractivity contribution in [3.8, 4) is 0 Å². The van der Waals surface area contributed by atoms with Crippen LogP contribution in [0.3, 0.4) is 0 Å². The Labute approximate surface area is 121 Å². The number of aryl methyl sites for hydroxylation is 1. The Morgan fingerprint density at radius 1 is 1.40 bits per heavy atom. The topological polar surface area (TPSA) is 42.3 Å². The minimum absolute atomic E-state index is 0.575. The summed E-state index contributed by atoms with van der Waals surface area (Å²) in [6.45, 7) is 8.39. The summed E-state index contributed by atoms with van der Waals surface area (Å²) in [6.07, 6.45) is 7.67. The molecule has 1 atom stereocenters. The molecule has 0 amide bonds. The molecule has 112 valence electrons. The van der Waals surface area contributed by atoms with Gasteiger partial charge in [-0.05, 0) is 45.2 Å². The molecule has 5 nitrogen and oxygen atoms in total. The molecule has 0 radical (unpaired) electrons. The Bertz CT molecular complexity index is 412. The number of hydrogen-bond acceptors (Lipinski definition) is 4. The molecule has 4 rings (SSSR count). The maximum absolute atomic E-state index is 5.40. The molecule has 1 aromatic rings. The van der Waals surface area contributed by atoms with Crippen molar-refractivity contribution in [2.75, 3.05) is 38.2 Å². The number of nitrogens with one attached hydrogen (secondary N) is 1. The standard InChI is InChI=1S/C15H26N4O/c1-2-20-11-3-7-19-10-6-16-15(19)17-14-12-18-8-4-13(14)5-9-18/h6,10,13-14H,2-5,7-9,11-12H2,1H3,(H,16,17). The lowest BCUT2D eigenvalue weighted by Gasteiger charge is -2.45. The Morgan fingerprint density at radius 3 is 2.95 bits per heavy atom. The van der Waals surface area contributed by atoms with Gasteiger partial charge in [-0.2, -0.15) is 0 Å². The molecule has 1 N–H and O–H groups in total. The highest BCUT2D eigenvalue weighted by Crippen LogP contribution is 2.29. The first-order chi connectivity index (χ1) is 9.86. The van der Waals surface area contributed by atoms with Crippen LogP contribution < -0.4 is 5.32 Å². The van der Waals surface area contributed by atoms with Gasteiger partial charge in [-0.1, -0.05) is 0 Å². The molecular weight excluding hydrogens is 252 g/mol. The molecule has 2 bridgehead atoms. The quantitative estimate of drug-likeness (QED) is 0.773. The summed E-state index contributed by atoms with van der Waals surface area (Å²) in [5.74, 6) is 1.86. The Balaban J connectivity index is 1.54. The molecule has 3 aliphatic heterocycles. The van der Waals surface area contributed by atoms with E-state index in [-0.39, 0.29) is 0 Å². The number of rotatable bonds is 7. The lowest BCUT2D eigenvalue weighted by Crippen LogP contribution is -2.53. The smallest absolute Gasteiger partial charge is 0.203 e. The summed E-state index contributed by atoms with van der Waals surface area (Å²) in [5.41, 5.74) is 0. The van der Waals surface area contributed by atoms with E-state index in [1.165, 1.54) is 32.5 Å². The number of nitrogens with zero attached hydrogens (tertiary/aromatic N) is 3. The highest BCUT2D eigenvalue weighted by molar-refractivity contribution is 5.29. The van der Waals surface area contributed by atoms with E-state index >= 15 is 0 Å². The highest BCUT2D eigenvalue weighted by atomic mass is 16.5. The van der Waals surface area contributed by atoms with Crippen LogP contribution >= 0.6 is 0 Å². The second-order valence-electron chi connectivity index (χ2n) is 5.88. The summed E-state index contributed by atoms with van der Waals surface area (Å²) >= 11 is 0. The average molecular weight is 278 g/mol. The second kappa shape index (κ2) is 6.59. The fraction of sp³-hybridized carbons (Fsp3) is 0.800. The molecule has 0 saturated carbocycles. The summed E-state index contributed by atoms with van der Waals surface area (Å²) < 4.78 is 7.62. The summed E-state index contributed by atoms with van der Waals surface area (Å²) in [6, 6.07) is 0.575. The number of fused-ring (bicyclic) bond motifs is 3. The van der Waals surface area contributed by atoms with Crippen molar-refractivity contribution in [3.05, 3.63) is 12.4 Å². The van der Waals surface area contributed by atoms with E-state index in [2.05, 4.69) is 26.0 Å². The number of anilines is 1. The van der Waals surface area contributed by atoms with Gasteiger partial charge in [0.25, 0.3) is 0 Å². The second-order valence-corrected chi connectivity index (χ2v) is 5.88. The molecule has 4 heterocycles. The van der Waals surface area contributed by atoms with Crippen LogP contribution in [0.25, 0.3) is 0 Å². The molecule has 3 fully saturated rings. The van der Waals surface area contributed by atoms with Crippen molar-refractivity contribution < 1.29 is 4.74 Å². The van der Waals surface area contributed by atoms with E-state index in [0.29, 0.717) is 6.04 Å². The first kappa shape index (κ1) is 13.9. The van der Waals surface area contributed by atoms with Gasteiger partial charge in [-0.3, -0.25) is 0 Å². The Morgan fingerprint density at radius 2 is 2.25 bits per heavy atom. The maximum Gasteiger partial charge on any atom is 0.203 e. The van der Waals surface area contributed by atoms with Gasteiger partial charge in [-0.15, -0.1) is 0 Å². The fourth-order valence-corrected chi connectivity index (χ4v) is 3.41. The van der Waals surface area contributed by atoms with E-state index in [1.807, 2.05) is 13.1 Å². The highest BCUT2D eigenvalue weighted by Gasteiger charge is 2.34. The number of imidazole rings is 1. The van der Waals surface area contributed by atoms with Crippen molar-refractivity contribution in [2.45, 2.75) is 38.8 Å². The van der Waals surface area contributed by atoms with Crippen molar-refractivity contribution >= 4 is 5.95 Å². The van der Waals surface area contributed by atoms with Crippen molar-refractivity contribution in [2.24, 2.45) is 5.92 Å². The SMILES string of the molecule is CCOCCCn1ccnc1NC1CN2CCC1CC2. The van der Waals surface area contributed by atoms with E-state index in [4.69, 9.17) is 4.74 Å². The summed E-state index contributed by atoms with van der Waals surface area (Å²) in [4.78, 5) is 7.05. The van der Waals surface area contributed by atoms with Crippen LogP contribution in [0.15, 0.2) is 12.4 Å². The van der Waals surface area contributed by atoms with E-state index in [9.17, 15) is 0 Å². The van der Waals surface area contributed by atoms with Crippen molar-refractivity contribution in [1.29, 1.82) is 0 Å². The zero-order valence-corrected chi connectivity index (χ0v) is 12.4. The van der Waals surface area contributed by atoms with Crippen LogP contribution in [0.2, 0.25) is 0 Å². The third-order valence-corrected chi connectivity index (χ3v) is 4.58. The molecule has 3 aliphatic rings. The van der Waals surface area contributed by atoms with Gasteiger partial charge in [0.05, 0.1) is 0 Å². The van der Waals surface area contributed by atoms with Crippen LogP contribution in [0.1, 0.15) is 26.2 Å². The molecule has 1 aromatic heterocycles. The Kier molecular flexibility index (Phi) is 4.58. The van der Waals surface area contributed by atoms with Gasteiger partial charge in [0.2, 0.25) is 5.95 Å². The molecular formula is C15H26N4O. The summed E-state index contributed by atoms with van der Waals surface area (Å²) in [5, 5.41) is 3.67. The van der Waals surface area contributed by atoms with Gasteiger partial charge in [0.1, 0.15) is 0 Å². The third kappa shape index (κ3) is 3.15. The van der Waals surface area contributed by atoms with Gasteiger partial charge in [0, 0.05) is 44.7 Å². The van der Waals surface area contributed by atoms with Gasteiger partial charge < -0.3 is 19.5 Å². The third-order valence-electron chi connectivity index (χ3n) is 4.58. The van der Waals surface area contributed by atoms with Crippen LogP contribution in [0.4, 0.5) is 5.95 Å². The van der Waals surface area contributed by atoms with Gasteiger partial charge in [-0.25, -0.2) is 4.98 Å². The predicted molar refractivity (Wildman–Crippen MR) is 79.9 cm³/mol. The Hall–Kier alpha value is -1.07. The fourth-order valence-electron chi connectivity index (χ4n) is 3.41. The van der Waals surface area contributed by atoms with E-state index in [1.54, 1.807) is 0 Å². The lowest BCUT2D eigenvalue weighted by atomic mass is 9.84. The average Bonchev–Trinajstić information content (AvgIpc) is 2.92. The normalized spacial score (nSPS) is 28.8.